The second kappa shape index (κ2) is 6.70. The topological polar surface area (TPSA) is 30.5 Å². The van der Waals surface area contributed by atoms with Crippen molar-refractivity contribution >= 4 is 0 Å². The molecule has 0 spiro atoms. The van der Waals surface area contributed by atoms with Crippen LogP contribution in [0, 0.1) is 0 Å². The molecule has 1 fully saturated rings. The van der Waals surface area contributed by atoms with Gasteiger partial charge < -0.3 is 14.8 Å². The highest BCUT2D eigenvalue weighted by Gasteiger charge is 2.32. The van der Waals surface area contributed by atoms with Crippen LogP contribution in [0.2, 0.25) is 0 Å². The van der Waals surface area contributed by atoms with Crippen LogP contribution < -0.4 is 5.32 Å². The molecule has 0 radical (unpaired) electrons. The molecule has 1 aromatic carbocycles. The van der Waals surface area contributed by atoms with Crippen molar-refractivity contribution in [2.45, 2.75) is 44.2 Å². The molecule has 1 aromatic rings. The minimum absolute atomic E-state index is 0.211. The quantitative estimate of drug-likeness (QED) is 0.865. The van der Waals surface area contributed by atoms with Crippen LogP contribution in [0.5, 0.6) is 0 Å². The highest BCUT2D eigenvalue weighted by molar-refractivity contribution is 5.40. The first-order valence-corrected chi connectivity index (χ1v) is 7.89. The number of hydrogen-bond acceptors (Lipinski definition) is 3. The van der Waals surface area contributed by atoms with Crippen molar-refractivity contribution in [1.29, 1.82) is 0 Å². The predicted octanol–water partition coefficient (Wildman–Crippen LogP) is 2.50. The molecule has 0 aromatic heterocycles. The normalized spacial score (nSPS) is 26.6. The van der Waals surface area contributed by atoms with E-state index in [-0.39, 0.29) is 6.10 Å². The summed E-state index contributed by atoms with van der Waals surface area (Å²) in [4.78, 5) is 0. The van der Waals surface area contributed by atoms with Gasteiger partial charge in [-0.15, -0.1) is 0 Å². The average molecular weight is 275 g/mol. The Hall–Kier alpha value is -0.900. The van der Waals surface area contributed by atoms with Gasteiger partial charge in [0, 0.05) is 6.04 Å². The lowest BCUT2D eigenvalue weighted by molar-refractivity contribution is -0.103. The van der Waals surface area contributed by atoms with E-state index in [1.165, 1.54) is 17.5 Å². The van der Waals surface area contributed by atoms with Gasteiger partial charge in [0.25, 0.3) is 0 Å². The van der Waals surface area contributed by atoms with Crippen molar-refractivity contribution in [2.75, 3.05) is 26.4 Å². The Morgan fingerprint density at radius 1 is 1.30 bits per heavy atom. The zero-order valence-corrected chi connectivity index (χ0v) is 12.3. The first-order chi connectivity index (χ1) is 9.88. The molecular formula is C17H25NO2. The summed E-state index contributed by atoms with van der Waals surface area (Å²) in [5.74, 6) is 0.686. The molecule has 2 aliphatic rings. The highest BCUT2D eigenvalue weighted by Crippen LogP contribution is 2.38. The summed E-state index contributed by atoms with van der Waals surface area (Å²) in [7, 11) is 0. The molecule has 3 nitrogen and oxygen atoms in total. The molecule has 3 rings (SSSR count). The SMILES string of the molecule is CCCNC(CC1Cc2ccccc21)C1COCCO1. The van der Waals surface area contributed by atoms with Gasteiger partial charge in [-0.2, -0.15) is 0 Å². The van der Waals surface area contributed by atoms with Gasteiger partial charge in [0.1, 0.15) is 0 Å². The van der Waals surface area contributed by atoms with Gasteiger partial charge in [-0.1, -0.05) is 31.2 Å². The lowest BCUT2D eigenvalue weighted by Crippen LogP contribution is -2.48. The lowest BCUT2D eigenvalue weighted by atomic mass is 9.74. The summed E-state index contributed by atoms with van der Waals surface area (Å²) in [5, 5.41) is 3.66. The van der Waals surface area contributed by atoms with Crippen molar-refractivity contribution in [3.05, 3.63) is 35.4 Å². The van der Waals surface area contributed by atoms with E-state index in [2.05, 4.69) is 36.5 Å². The summed E-state index contributed by atoms with van der Waals surface area (Å²) < 4.78 is 11.5. The van der Waals surface area contributed by atoms with Gasteiger partial charge in [0.2, 0.25) is 0 Å². The van der Waals surface area contributed by atoms with E-state index in [1.54, 1.807) is 0 Å². The van der Waals surface area contributed by atoms with Gasteiger partial charge in [-0.25, -0.2) is 0 Å². The molecule has 3 heteroatoms. The Morgan fingerprint density at radius 3 is 2.95 bits per heavy atom. The van der Waals surface area contributed by atoms with Crippen LogP contribution in [0.25, 0.3) is 0 Å². The molecule has 1 aliphatic heterocycles. The van der Waals surface area contributed by atoms with E-state index in [0.29, 0.717) is 12.0 Å². The Kier molecular flexibility index (Phi) is 4.71. The number of rotatable bonds is 6. The number of hydrogen-bond donors (Lipinski definition) is 1. The van der Waals surface area contributed by atoms with E-state index < -0.39 is 0 Å². The standard InChI is InChI=1S/C17H25NO2/c1-2-7-18-16(17-12-19-8-9-20-17)11-14-10-13-5-3-4-6-15(13)14/h3-6,14,16-18H,2,7-12H2,1H3. The summed E-state index contributed by atoms with van der Waals surface area (Å²) in [6, 6.07) is 9.23. The molecule has 3 unspecified atom stereocenters. The van der Waals surface area contributed by atoms with Crippen LogP contribution in [0.4, 0.5) is 0 Å². The third kappa shape index (κ3) is 3.05. The highest BCUT2D eigenvalue weighted by atomic mass is 16.6. The maximum Gasteiger partial charge on any atom is 0.0962 e. The molecule has 20 heavy (non-hydrogen) atoms. The summed E-state index contributed by atoms with van der Waals surface area (Å²) in [6.45, 7) is 5.47. The molecule has 1 aliphatic carbocycles. The Bertz CT molecular complexity index is 429. The van der Waals surface area contributed by atoms with Crippen molar-refractivity contribution in [3.63, 3.8) is 0 Å². The summed E-state index contributed by atoms with van der Waals surface area (Å²) in [6.07, 6.45) is 3.74. The van der Waals surface area contributed by atoms with Crippen LogP contribution in [-0.4, -0.2) is 38.5 Å². The van der Waals surface area contributed by atoms with Crippen LogP contribution in [-0.2, 0) is 15.9 Å². The maximum absolute atomic E-state index is 5.91. The van der Waals surface area contributed by atoms with Crippen molar-refractivity contribution < 1.29 is 9.47 Å². The van der Waals surface area contributed by atoms with Crippen LogP contribution in [0.3, 0.4) is 0 Å². The monoisotopic (exact) mass is 275 g/mol. The second-order valence-corrected chi connectivity index (χ2v) is 5.88. The molecule has 1 N–H and O–H groups in total. The average Bonchev–Trinajstić information content (AvgIpc) is 2.49. The minimum atomic E-state index is 0.211. The van der Waals surface area contributed by atoms with E-state index in [9.17, 15) is 0 Å². The number of fused-ring (bicyclic) bond motifs is 1. The number of ether oxygens (including phenoxy) is 2. The minimum Gasteiger partial charge on any atom is -0.376 e. The fourth-order valence-electron chi connectivity index (χ4n) is 3.31. The van der Waals surface area contributed by atoms with E-state index >= 15 is 0 Å². The van der Waals surface area contributed by atoms with Crippen molar-refractivity contribution in [3.8, 4) is 0 Å². The fourth-order valence-corrected chi connectivity index (χ4v) is 3.31. The van der Waals surface area contributed by atoms with Gasteiger partial charge in [-0.05, 0) is 42.9 Å². The number of benzene rings is 1. The largest absolute Gasteiger partial charge is 0.376 e. The van der Waals surface area contributed by atoms with Crippen LogP contribution in [0.15, 0.2) is 24.3 Å². The Balaban J connectivity index is 1.61. The second-order valence-electron chi connectivity index (χ2n) is 5.88. The molecule has 0 saturated carbocycles. The Labute approximate surface area is 121 Å². The fraction of sp³-hybridized carbons (Fsp3) is 0.647. The van der Waals surface area contributed by atoms with E-state index in [0.717, 1.165) is 39.2 Å². The first-order valence-electron chi connectivity index (χ1n) is 7.89. The zero-order chi connectivity index (χ0) is 13.8. The van der Waals surface area contributed by atoms with Crippen LogP contribution in [0.1, 0.15) is 36.8 Å². The van der Waals surface area contributed by atoms with Crippen molar-refractivity contribution in [2.24, 2.45) is 0 Å². The molecule has 0 amide bonds. The molecule has 110 valence electrons. The predicted molar refractivity (Wildman–Crippen MR) is 80.1 cm³/mol. The molecule has 1 saturated heterocycles. The van der Waals surface area contributed by atoms with Crippen molar-refractivity contribution in [1.82, 2.24) is 5.32 Å². The van der Waals surface area contributed by atoms with Gasteiger partial charge in [0.05, 0.1) is 25.9 Å². The van der Waals surface area contributed by atoms with Gasteiger partial charge in [0.15, 0.2) is 0 Å². The van der Waals surface area contributed by atoms with Gasteiger partial charge in [-0.3, -0.25) is 0 Å². The summed E-state index contributed by atoms with van der Waals surface area (Å²) >= 11 is 0. The third-order valence-corrected chi connectivity index (χ3v) is 4.45. The molecule has 0 bridgehead atoms. The maximum atomic E-state index is 5.91. The van der Waals surface area contributed by atoms with E-state index in [4.69, 9.17) is 9.47 Å². The Morgan fingerprint density at radius 2 is 2.20 bits per heavy atom. The lowest BCUT2D eigenvalue weighted by Gasteiger charge is -2.37. The zero-order valence-electron chi connectivity index (χ0n) is 12.3. The van der Waals surface area contributed by atoms with Gasteiger partial charge >= 0.3 is 0 Å². The van der Waals surface area contributed by atoms with E-state index in [1.807, 2.05) is 0 Å². The number of nitrogens with one attached hydrogen (secondary N) is 1. The van der Waals surface area contributed by atoms with Crippen LogP contribution >= 0.6 is 0 Å². The molecule has 1 heterocycles. The molecular weight excluding hydrogens is 250 g/mol. The molecule has 3 atom stereocenters. The third-order valence-electron chi connectivity index (χ3n) is 4.45. The first kappa shape index (κ1) is 14.1. The summed E-state index contributed by atoms with van der Waals surface area (Å²) in [5.41, 5.74) is 3.06. The smallest absolute Gasteiger partial charge is 0.0962 e.